The molecule has 0 spiro atoms. The number of nitrogens with zero attached hydrogens (tertiary/aromatic N) is 2. The number of aliphatic carboxylic acids is 1. The van der Waals surface area contributed by atoms with E-state index in [2.05, 4.69) is 4.98 Å². The molecule has 2 atom stereocenters. The molecule has 2 heterocycles. The number of ether oxygens (including phenoxy) is 1. The lowest BCUT2D eigenvalue weighted by Gasteiger charge is -2.18. The number of hydrogen-bond donors (Lipinski definition) is 1. The van der Waals surface area contributed by atoms with Crippen molar-refractivity contribution >= 4 is 5.97 Å². The minimum Gasteiger partial charge on any atom is -0.487 e. The standard InChI is InChI=1S/C19H19F3N2O3/c20-19(21,22)17-11-24(10-16(17)18(25)26)9-13-4-6-15(7-5-13)27-12-14-3-1-2-8-23-14/h1-8,16-17H,9-12H2,(H,25,26)/t16-,17-/m1/s1. The van der Waals surface area contributed by atoms with E-state index in [1.165, 1.54) is 4.90 Å². The average Bonchev–Trinajstić information content (AvgIpc) is 3.07. The monoisotopic (exact) mass is 380 g/mol. The molecule has 0 aliphatic carbocycles. The molecule has 27 heavy (non-hydrogen) atoms. The summed E-state index contributed by atoms with van der Waals surface area (Å²) in [5, 5.41) is 9.07. The molecule has 0 amide bonds. The van der Waals surface area contributed by atoms with Crippen molar-refractivity contribution in [2.75, 3.05) is 13.1 Å². The fourth-order valence-electron chi connectivity index (χ4n) is 3.19. The third-order valence-corrected chi connectivity index (χ3v) is 4.58. The second-order valence-electron chi connectivity index (χ2n) is 6.54. The van der Waals surface area contributed by atoms with E-state index >= 15 is 0 Å². The smallest absolute Gasteiger partial charge is 0.393 e. The number of carbonyl (C=O) groups is 1. The van der Waals surface area contributed by atoms with Crippen molar-refractivity contribution < 1.29 is 27.8 Å². The molecule has 1 aliphatic heterocycles. The molecule has 1 N–H and O–H groups in total. The quantitative estimate of drug-likeness (QED) is 0.833. The summed E-state index contributed by atoms with van der Waals surface area (Å²) in [6, 6.07) is 12.5. The molecule has 1 saturated heterocycles. The lowest BCUT2D eigenvalue weighted by atomic mass is 9.96. The number of carboxylic acids is 1. The van der Waals surface area contributed by atoms with Crippen LogP contribution in [0.3, 0.4) is 0 Å². The normalized spacial score (nSPS) is 20.6. The fourth-order valence-corrected chi connectivity index (χ4v) is 3.19. The molecule has 8 heteroatoms. The molecule has 0 saturated carbocycles. The maximum Gasteiger partial charge on any atom is 0.393 e. The van der Waals surface area contributed by atoms with E-state index in [9.17, 15) is 18.0 Å². The van der Waals surface area contributed by atoms with Gasteiger partial charge in [-0.1, -0.05) is 18.2 Å². The van der Waals surface area contributed by atoms with Gasteiger partial charge in [-0.05, 0) is 29.8 Å². The van der Waals surface area contributed by atoms with Crippen LogP contribution < -0.4 is 4.74 Å². The van der Waals surface area contributed by atoms with Gasteiger partial charge >= 0.3 is 12.1 Å². The first-order valence-electron chi connectivity index (χ1n) is 8.46. The zero-order valence-corrected chi connectivity index (χ0v) is 14.4. The molecule has 5 nitrogen and oxygen atoms in total. The minimum atomic E-state index is -4.51. The predicted octanol–water partition coefficient (Wildman–Crippen LogP) is 3.36. The van der Waals surface area contributed by atoms with Crippen LogP contribution >= 0.6 is 0 Å². The van der Waals surface area contributed by atoms with Gasteiger partial charge in [0.25, 0.3) is 0 Å². The van der Waals surface area contributed by atoms with Crippen LogP contribution in [-0.2, 0) is 17.9 Å². The van der Waals surface area contributed by atoms with Crippen LogP contribution in [0.2, 0.25) is 0 Å². The average molecular weight is 380 g/mol. The molecule has 1 aromatic carbocycles. The summed E-state index contributed by atoms with van der Waals surface area (Å²) in [7, 11) is 0. The van der Waals surface area contributed by atoms with E-state index in [4.69, 9.17) is 9.84 Å². The number of halogens is 3. The van der Waals surface area contributed by atoms with Crippen molar-refractivity contribution in [2.45, 2.75) is 19.3 Å². The van der Waals surface area contributed by atoms with E-state index in [1.54, 1.807) is 30.5 Å². The van der Waals surface area contributed by atoms with Crippen LogP contribution in [0.25, 0.3) is 0 Å². The maximum atomic E-state index is 13.0. The number of aromatic nitrogens is 1. The van der Waals surface area contributed by atoms with Gasteiger partial charge in [0.2, 0.25) is 0 Å². The summed E-state index contributed by atoms with van der Waals surface area (Å²) in [6.07, 6.45) is -2.84. The third kappa shape index (κ3) is 4.97. The van der Waals surface area contributed by atoms with E-state index in [-0.39, 0.29) is 19.6 Å². The van der Waals surface area contributed by atoms with E-state index in [1.807, 2.05) is 18.2 Å². The summed E-state index contributed by atoms with van der Waals surface area (Å²) < 4.78 is 44.8. The van der Waals surface area contributed by atoms with E-state index in [0.717, 1.165) is 11.3 Å². The Kier molecular flexibility index (Phi) is 5.65. The number of pyridine rings is 1. The summed E-state index contributed by atoms with van der Waals surface area (Å²) in [6.45, 7) is 0.159. The first-order chi connectivity index (χ1) is 12.8. The molecule has 0 radical (unpaired) electrons. The van der Waals surface area contributed by atoms with Gasteiger partial charge in [-0.25, -0.2) is 0 Å². The van der Waals surface area contributed by atoms with Crippen molar-refractivity contribution in [3.63, 3.8) is 0 Å². The molecule has 2 aromatic rings. The SMILES string of the molecule is O=C(O)[C@@H]1CN(Cc2ccc(OCc3ccccn3)cc2)C[C@H]1C(F)(F)F. The van der Waals surface area contributed by atoms with Crippen molar-refractivity contribution in [2.24, 2.45) is 11.8 Å². The first kappa shape index (κ1) is 19.2. The Hall–Kier alpha value is -2.61. The highest BCUT2D eigenvalue weighted by atomic mass is 19.4. The van der Waals surface area contributed by atoms with Crippen LogP contribution in [0.15, 0.2) is 48.7 Å². The highest BCUT2D eigenvalue weighted by Gasteiger charge is 2.52. The molecular weight excluding hydrogens is 361 g/mol. The van der Waals surface area contributed by atoms with Gasteiger partial charge in [-0.2, -0.15) is 13.2 Å². The van der Waals surface area contributed by atoms with Crippen molar-refractivity contribution in [1.82, 2.24) is 9.88 Å². The zero-order valence-electron chi connectivity index (χ0n) is 14.4. The number of carboxylic acid groups (broad SMARTS) is 1. The third-order valence-electron chi connectivity index (χ3n) is 4.58. The van der Waals surface area contributed by atoms with Crippen LogP contribution in [0.4, 0.5) is 13.2 Å². The molecule has 1 aliphatic rings. The van der Waals surface area contributed by atoms with Crippen LogP contribution in [-0.4, -0.2) is 40.2 Å². The number of rotatable bonds is 6. The fraction of sp³-hybridized carbons (Fsp3) is 0.368. The Morgan fingerprint density at radius 1 is 1.19 bits per heavy atom. The van der Waals surface area contributed by atoms with Crippen molar-refractivity contribution in [3.8, 4) is 5.75 Å². The summed E-state index contributed by atoms with van der Waals surface area (Å²) in [5.41, 5.74) is 1.59. The highest BCUT2D eigenvalue weighted by Crippen LogP contribution is 2.38. The van der Waals surface area contributed by atoms with Crippen LogP contribution in [0.1, 0.15) is 11.3 Å². The lowest BCUT2D eigenvalue weighted by molar-refractivity contribution is -0.188. The molecular formula is C19H19F3N2O3. The van der Waals surface area contributed by atoms with Gasteiger partial charge in [0.05, 0.1) is 17.5 Å². The second kappa shape index (κ2) is 7.96. The molecule has 3 rings (SSSR count). The maximum absolute atomic E-state index is 13.0. The lowest BCUT2D eigenvalue weighted by Crippen LogP contribution is -2.33. The number of likely N-dealkylation sites (tertiary alicyclic amines) is 1. The van der Waals surface area contributed by atoms with Gasteiger partial charge in [0.15, 0.2) is 0 Å². The van der Waals surface area contributed by atoms with Crippen LogP contribution in [0.5, 0.6) is 5.75 Å². The topological polar surface area (TPSA) is 62.7 Å². The molecule has 1 aromatic heterocycles. The molecule has 144 valence electrons. The Morgan fingerprint density at radius 3 is 2.48 bits per heavy atom. The van der Waals surface area contributed by atoms with Crippen LogP contribution in [0, 0.1) is 11.8 Å². The molecule has 1 fully saturated rings. The van der Waals surface area contributed by atoms with Gasteiger partial charge in [0, 0.05) is 25.8 Å². The molecule has 0 bridgehead atoms. The first-order valence-corrected chi connectivity index (χ1v) is 8.46. The predicted molar refractivity (Wildman–Crippen MR) is 91.0 cm³/mol. The van der Waals surface area contributed by atoms with Gasteiger partial charge in [0.1, 0.15) is 12.4 Å². The summed E-state index contributed by atoms with van der Waals surface area (Å²) in [5.74, 6) is -4.04. The minimum absolute atomic E-state index is 0.114. The Morgan fingerprint density at radius 2 is 1.93 bits per heavy atom. The Balaban J connectivity index is 1.57. The van der Waals surface area contributed by atoms with E-state index < -0.39 is 24.0 Å². The number of benzene rings is 1. The van der Waals surface area contributed by atoms with Crippen molar-refractivity contribution in [1.29, 1.82) is 0 Å². The Labute approximate surface area is 154 Å². The van der Waals surface area contributed by atoms with Gasteiger partial charge in [-0.15, -0.1) is 0 Å². The summed E-state index contributed by atoms with van der Waals surface area (Å²) >= 11 is 0. The Bertz CT molecular complexity index is 766. The largest absolute Gasteiger partial charge is 0.487 e. The zero-order chi connectivity index (χ0) is 19.4. The summed E-state index contributed by atoms with van der Waals surface area (Å²) in [4.78, 5) is 16.8. The molecule has 0 unspecified atom stereocenters. The second-order valence-corrected chi connectivity index (χ2v) is 6.54. The highest BCUT2D eigenvalue weighted by molar-refractivity contribution is 5.71. The van der Waals surface area contributed by atoms with Gasteiger partial charge < -0.3 is 9.84 Å². The van der Waals surface area contributed by atoms with E-state index in [0.29, 0.717) is 12.4 Å². The van der Waals surface area contributed by atoms with Gasteiger partial charge in [-0.3, -0.25) is 14.7 Å². The number of hydrogen-bond acceptors (Lipinski definition) is 4. The van der Waals surface area contributed by atoms with Crippen molar-refractivity contribution in [3.05, 3.63) is 59.9 Å². The number of alkyl halides is 3.